The van der Waals surface area contributed by atoms with Crippen molar-refractivity contribution in [1.82, 2.24) is 19.8 Å². The first-order chi connectivity index (χ1) is 18.0. The third-order valence-electron chi connectivity index (χ3n) is 7.13. The van der Waals surface area contributed by atoms with Gasteiger partial charge in [0.05, 0.1) is 0 Å². The number of hydrogen-bond donors (Lipinski definition) is 1. The number of likely N-dealkylation sites (tertiary alicyclic amines) is 1. The van der Waals surface area contributed by atoms with Crippen LogP contribution in [-0.2, 0) is 4.79 Å². The molecule has 192 valence electrons. The van der Waals surface area contributed by atoms with Gasteiger partial charge in [0.1, 0.15) is 18.1 Å². The van der Waals surface area contributed by atoms with Crippen LogP contribution in [0.2, 0.25) is 0 Å². The van der Waals surface area contributed by atoms with Crippen LogP contribution in [0.4, 0.5) is 11.5 Å². The van der Waals surface area contributed by atoms with Crippen LogP contribution in [0.25, 0.3) is 10.8 Å². The van der Waals surface area contributed by atoms with E-state index < -0.39 is 0 Å². The average molecular weight is 501 g/mol. The van der Waals surface area contributed by atoms with E-state index in [0.717, 1.165) is 35.8 Å². The zero-order valence-electron chi connectivity index (χ0n) is 21.1. The summed E-state index contributed by atoms with van der Waals surface area (Å²) in [7, 11) is 2.09. The molecule has 2 aliphatic heterocycles. The van der Waals surface area contributed by atoms with E-state index >= 15 is 0 Å². The zero-order valence-corrected chi connectivity index (χ0v) is 21.1. The van der Waals surface area contributed by atoms with Crippen molar-refractivity contribution in [2.75, 3.05) is 56.6 Å². The lowest BCUT2D eigenvalue weighted by molar-refractivity contribution is -0.126. The van der Waals surface area contributed by atoms with Crippen LogP contribution < -0.4 is 15.0 Å². The Kier molecular flexibility index (Phi) is 7.32. The second-order valence-electron chi connectivity index (χ2n) is 9.48. The second-order valence-corrected chi connectivity index (χ2v) is 9.48. The Balaban J connectivity index is 1.39. The fourth-order valence-electron chi connectivity index (χ4n) is 4.92. The number of carbonyl (C=O) groups is 2. The van der Waals surface area contributed by atoms with E-state index in [1.54, 1.807) is 11.0 Å². The quantitative estimate of drug-likeness (QED) is 0.498. The molecule has 0 saturated carbocycles. The molecule has 2 fully saturated rings. The van der Waals surface area contributed by atoms with Crippen LogP contribution in [0.15, 0.2) is 61.2 Å². The van der Waals surface area contributed by atoms with Gasteiger partial charge in [-0.1, -0.05) is 43.0 Å². The molecule has 2 saturated heterocycles. The fourth-order valence-corrected chi connectivity index (χ4v) is 4.92. The van der Waals surface area contributed by atoms with Gasteiger partial charge in [-0.3, -0.25) is 9.59 Å². The number of anilines is 2. The summed E-state index contributed by atoms with van der Waals surface area (Å²) in [5.41, 5.74) is 0.951. The van der Waals surface area contributed by atoms with Gasteiger partial charge in [0.15, 0.2) is 0 Å². The van der Waals surface area contributed by atoms with Crippen molar-refractivity contribution in [3.8, 4) is 6.01 Å². The van der Waals surface area contributed by atoms with Crippen molar-refractivity contribution in [3.05, 3.63) is 66.9 Å². The van der Waals surface area contributed by atoms with Crippen LogP contribution in [0.5, 0.6) is 6.01 Å². The highest BCUT2D eigenvalue weighted by Gasteiger charge is 2.25. The largest absolute Gasteiger partial charge is 0.462 e. The molecule has 0 aliphatic carbocycles. The second kappa shape index (κ2) is 11.0. The van der Waals surface area contributed by atoms with Gasteiger partial charge < -0.3 is 24.8 Å². The van der Waals surface area contributed by atoms with Gasteiger partial charge in [-0.15, -0.1) is 0 Å². The highest BCUT2D eigenvalue weighted by molar-refractivity contribution is 6.08. The maximum Gasteiger partial charge on any atom is 0.319 e. The summed E-state index contributed by atoms with van der Waals surface area (Å²) in [6.07, 6.45) is 3.53. The monoisotopic (exact) mass is 500 g/mol. The predicted octanol–water partition coefficient (Wildman–Crippen LogP) is 3.19. The summed E-state index contributed by atoms with van der Waals surface area (Å²) in [5.74, 6) is 0.198. The lowest BCUT2D eigenvalue weighted by atomic mass is 10.1. The minimum Gasteiger partial charge on any atom is -0.462 e. The molecule has 1 N–H and O–H groups in total. The maximum absolute atomic E-state index is 13.4. The first-order valence-electron chi connectivity index (χ1n) is 12.7. The number of carbonyl (C=O) groups excluding carboxylic acids is 2. The highest BCUT2D eigenvalue weighted by atomic mass is 16.5. The van der Waals surface area contributed by atoms with Crippen molar-refractivity contribution >= 4 is 34.1 Å². The summed E-state index contributed by atoms with van der Waals surface area (Å²) in [5, 5.41) is 5.01. The first kappa shape index (κ1) is 24.7. The van der Waals surface area contributed by atoms with Gasteiger partial charge in [-0.2, -0.15) is 9.97 Å². The lowest BCUT2D eigenvalue weighted by Crippen LogP contribution is -2.48. The number of fused-ring (bicyclic) bond motifs is 1. The van der Waals surface area contributed by atoms with Gasteiger partial charge in [0.25, 0.3) is 5.91 Å². The third-order valence-corrected chi connectivity index (χ3v) is 7.13. The van der Waals surface area contributed by atoms with Gasteiger partial charge >= 0.3 is 6.01 Å². The number of piperazine rings is 1. The molecule has 3 heterocycles. The average Bonchev–Trinajstić information content (AvgIpc) is 3.36. The summed E-state index contributed by atoms with van der Waals surface area (Å²) < 4.78 is 6.03. The molecule has 3 aromatic rings. The standard InChI is InChI=1S/C28H32N6O3/c1-3-26(35)34-16-14-33(15-17-34)25-18-24(30-28(31-25)37-19-21-10-7-13-32(21)2)27(36)29-23-12-6-9-20-8-4-5-11-22(20)23/h3-6,8-9,11-12,18,21H,1,7,10,13-17,19H2,2H3,(H,29,36)/t21-/m0/s1. The highest BCUT2D eigenvalue weighted by Crippen LogP contribution is 2.25. The summed E-state index contributed by atoms with van der Waals surface area (Å²) in [4.78, 5) is 40.6. The Morgan fingerprint density at radius 1 is 1.08 bits per heavy atom. The van der Waals surface area contributed by atoms with E-state index in [9.17, 15) is 9.59 Å². The predicted molar refractivity (Wildman–Crippen MR) is 144 cm³/mol. The molecule has 1 atom stereocenters. The number of nitrogens with one attached hydrogen (secondary N) is 1. The van der Waals surface area contributed by atoms with E-state index in [1.165, 1.54) is 6.08 Å². The molecular formula is C28H32N6O3. The number of amides is 2. The van der Waals surface area contributed by atoms with E-state index in [4.69, 9.17) is 4.74 Å². The number of benzene rings is 2. The van der Waals surface area contributed by atoms with Crippen LogP contribution in [0.1, 0.15) is 23.3 Å². The van der Waals surface area contributed by atoms with Gasteiger partial charge in [-0.05, 0) is 44.0 Å². The Bertz CT molecular complexity index is 1300. The Morgan fingerprint density at radius 2 is 1.86 bits per heavy atom. The van der Waals surface area contributed by atoms with Crippen LogP contribution in [-0.4, -0.2) is 84.0 Å². The molecule has 5 rings (SSSR count). The Labute approximate surface area is 216 Å². The minimum absolute atomic E-state index is 0.0813. The number of nitrogens with zero attached hydrogens (tertiary/aromatic N) is 5. The van der Waals surface area contributed by atoms with E-state index in [-0.39, 0.29) is 23.5 Å². The number of aromatic nitrogens is 2. The van der Waals surface area contributed by atoms with Crippen molar-refractivity contribution in [1.29, 1.82) is 0 Å². The number of hydrogen-bond acceptors (Lipinski definition) is 7. The number of likely N-dealkylation sites (N-methyl/N-ethyl adjacent to an activating group) is 1. The fraction of sp³-hybridized carbons (Fsp3) is 0.357. The molecule has 1 aromatic heterocycles. The molecule has 9 nitrogen and oxygen atoms in total. The van der Waals surface area contributed by atoms with Gasteiger partial charge in [-0.25, -0.2) is 0 Å². The molecule has 37 heavy (non-hydrogen) atoms. The van der Waals surface area contributed by atoms with E-state index in [0.29, 0.717) is 44.6 Å². The SMILES string of the molecule is C=CC(=O)N1CCN(c2cc(C(=O)Nc3cccc4ccccc34)nc(OC[C@@H]3CCCN3C)n2)CC1. The van der Waals surface area contributed by atoms with E-state index in [1.807, 2.05) is 42.5 Å². The van der Waals surface area contributed by atoms with Crippen molar-refractivity contribution < 1.29 is 14.3 Å². The molecule has 2 aliphatic rings. The van der Waals surface area contributed by atoms with Gasteiger partial charge in [0.2, 0.25) is 5.91 Å². The van der Waals surface area contributed by atoms with Crippen molar-refractivity contribution in [2.45, 2.75) is 18.9 Å². The molecule has 0 bridgehead atoms. The molecule has 2 aromatic carbocycles. The molecular weight excluding hydrogens is 468 g/mol. The van der Waals surface area contributed by atoms with Crippen LogP contribution in [0.3, 0.4) is 0 Å². The summed E-state index contributed by atoms with van der Waals surface area (Å²) >= 11 is 0. The van der Waals surface area contributed by atoms with Crippen LogP contribution >= 0.6 is 0 Å². The molecule has 0 spiro atoms. The zero-order chi connectivity index (χ0) is 25.8. The Hall–Kier alpha value is -3.98. The lowest BCUT2D eigenvalue weighted by Gasteiger charge is -2.35. The first-order valence-corrected chi connectivity index (χ1v) is 12.7. The number of rotatable bonds is 7. The summed E-state index contributed by atoms with van der Waals surface area (Å²) in [6.45, 7) is 7.36. The maximum atomic E-state index is 13.4. The van der Waals surface area contributed by atoms with Crippen LogP contribution in [0, 0.1) is 0 Å². The minimum atomic E-state index is -0.330. The topological polar surface area (TPSA) is 90.9 Å². The van der Waals surface area contributed by atoms with Crippen molar-refractivity contribution in [2.24, 2.45) is 0 Å². The van der Waals surface area contributed by atoms with Crippen molar-refractivity contribution in [3.63, 3.8) is 0 Å². The molecule has 2 amide bonds. The summed E-state index contributed by atoms with van der Waals surface area (Å²) in [6, 6.07) is 15.9. The normalized spacial score (nSPS) is 18.1. The van der Waals surface area contributed by atoms with Gasteiger partial charge in [0, 0.05) is 49.4 Å². The molecule has 0 radical (unpaired) electrons. The molecule has 9 heteroatoms. The Morgan fingerprint density at radius 3 is 2.62 bits per heavy atom. The third kappa shape index (κ3) is 5.56. The smallest absolute Gasteiger partial charge is 0.319 e. The van der Waals surface area contributed by atoms with E-state index in [2.05, 4.69) is 38.7 Å². The number of ether oxygens (including phenoxy) is 1. The molecule has 0 unspecified atom stereocenters.